The van der Waals surface area contributed by atoms with Crippen molar-refractivity contribution >= 4 is 0 Å². The molecule has 0 aromatic rings. The van der Waals surface area contributed by atoms with E-state index in [1.165, 1.54) is 58.0 Å². The van der Waals surface area contributed by atoms with Crippen LogP contribution in [0.4, 0.5) is 0 Å². The summed E-state index contributed by atoms with van der Waals surface area (Å²) in [6, 6.07) is 0.920. The molecule has 1 atom stereocenters. The largest absolute Gasteiger partial charge is 0.300 e. The van der Waals surface area contributed by atoms with Crippen LogP contribution in [0.15, 0.2) is 0 Å². The summed E-state index contributed by atoms with van der Waals surface area (Å²) >= 11 is 0. The van der Waals surface area contributed by atoms with Gasteiger partial charge in [0.1, 0.15) is 0 Å². The third-order valence-electron chi connectivity index (χ3n) is 3.30. The molecule has 0 amide bonds. The first-order valence-corrected chi connectivity index (χ1v) is 5.52. The van der Waals surface area contributed by atoms with Crippen LogP contribution in [-0.2, 0) is 0 Å². The van der Waals surface area contributed by atoms with Crippen LogP contribution in [0, 0.1) is 6.42 Å². The van der Waals surface area contributed by atoms with E-state index in [1.807, 2.05) is 0 Å². The van der Waals surface area contributed by atoms with Crippen LogP contribution < -0.4 is 0 Å². The second kappa shape index (κ2) is 4.27. The molecular formula is C11H20N. The van der Waals surface area contributed by atoms with Gasteiger partial charge in [0.05, 0.1) is 0 Å². The van der Waals surface area contributed by atoms with Crippen LogP contribution in [-0.4, -0.2) is 24.0 Å². The first-order valence-electron chi connectivity index (χ1n) is 5.52. The Hall–Kier alpha value is -0.0400. The van der Waals surface area contributed by atoms with Gasteiger partial charge in [-0.15, -0.1) is 0 Å². The van der Waals surface area contributed by atoms with Gasteiger partial charge in [0.15, 0.2) is 0 Å². The Bertz CT molecular complexity index is 119. The van der Waals surface area contributed by atoms with E-state index in [0.29, 0.717) is 0 Å². The molecular weight excluding hydrogens is 146 g/mol. The van der Waals surface area contributed by atoms with Crippen molar-refractivity contribution in [3.8, 4) is 0 Å². The van der Waals surface area contributed by atoms with E-state index in [0.717, 1.165) is 6.04 Å². The van der Waals surface area contributed by atoms with Crippen molar-refractivity contribution in [2.24, 2.45) is 0 Å². The molecule has 0 spiro atoms. The zero-order valence-electron chi connectivity index (χ0n) is 7.97. The molecule has 2 rings (SSSR count). The second-order valence-corrected chi connectivity index (χ2v) is 4.21. The highest BCUT2D eigenvalue weighted by Crippen LogP contribution is 2.24. The smallest absolute Gasteiger partial charge is 0.00981 e. The van der Waals surface area contributed by atoms with Crippen molar-refractivity contribution in [2.75, 3.05) is 13.1 Å². The van der Waals surface area contributed by atoms with Crippen molar-refractivity contribution in [3.05, 3.63) is 6.42 Å². The van der Waals surface area contributed by atoms with Gasteiger partial charge in [-0.1, -0.05) is 12.8 Å². The summed E-state index contributed by atoms with van der Waals surface area (Å²) in [6.45, 7) is 2.75. The average molecular weight is 166 g/mol. The molecule has 0 N–H and O–H groups in total. The van der Waals surface area contributed by atoms with Gasteiger partial charge in [-0.25, -0.2) is 0 Å². The minimum absolute atomic E-state index is 0.920. The highest BCUT2D eigenvalue weighted by molar-refractivity contribution is 4.87. The minimum Gasteiger partial charge on any atom is -0.300 e. The predicted molar refractivity (Wildman–Crippen MR) is 52.0 cm³/mol. The highest BCUT2D eigenvalue weighted by Gasteiger charge is 2.22. The maximum Gasteiger partial charge on any atom is 0.00981 e. The summed E-state index contributed by atoms with van der Waals surface area (Å²) in [5.74, 6) is 0. The van der Waals surface area contributed by atoms with Crippen LogP contribution in [0.5, 0.6) is 0 Å². The van der Waals surface area contributed by atoms with Crippen LogP contribution >= 0.6 is 0 Å². The molecule has 1 saturated heterocycles. The Balaban J connectivity index is 1.83. The molecule has 12 heavy (non-hydrogen) atoms. The van der Waals surface area contributed by atoms with Crippen molar-refractivity contribution in [1.29, 1.82) is 0 Å². The fraction of sp³-hybridized carbons (Fsp3) is 0.909. The summed E-state index contributed by atoms with van der Waals surface area (Å²) in [5.41, 5.74) is 0. The predicted octanol–water partition coefficient (Wildman–Crippen LogP) is 2.62. The summed E-state index contributed by atoms with van der Waals surface area (Å²) in [4.78, 5) is 2.73. The first-order chi connectivity index (χ1) is 5.97. The lowest BCUT2D eigenvalue weighted by molar-refractivity contribution is 0.208. The Morgan fingerprint density at radius 1 is 1.00 bits per heavy atom. The van der Waals surface area contributed by atoms with Gasteiger partial charge < -0.3 is 4.90 Å². The Labute approximate surface area is 76.1 Å². The Morgan fingerprint density at radius 2 is 1.75 bits per heavy atom. The Kier molecular flexibility index (Phi) is 3.04. The van der Waals surface area contributed by atoms with Crippen molar-refractivity contribution in [1.82, 2.24) is 4.90 Å². The molecule has 1 aliphatic carbocycles. The van der Waals surface area contributed by atoms with E-state index in [2.05, 4.69) is 11.3 Å². The first kappa shape index (κ1) is 8.55. The zero-order chi connectivity index (χ0) is 8.23. The number of rotatable bonds is 1. The Morgan fingerprint density at radius 3 is 2.33 bits per heavy atom. The second-order valence-electron chi connectivity index (χ2n) is 4.21. The number of hydrogen-bond donors (Lipinski definition) is 0. The van der Waals surface area contributed by atoms with Crippen molar-refractivity contribution < 1.29 is 0 Å². The zero-order valence-corrected chi connectivity index (χ0v) is 7.97. The number of hydrogen-bond acceptors (Lipinski definition) is 1. The maximum absolute atomic E-state index is 2.73. The molecule has 1 heteroatoms. The number of likely N-dealkylation sites (tertiary alicyclic amines) is 1. The van der Waals surface area contributed by atoms with Crippen LogP contribution in [0.1, 0.15) is 44.9 Å². The lowest BCUT2D eigenvalue weighted by Gasteiger charge is -2.26. The van der Waals surface area contributed by atoms with Crippen LogP contribution in [0.25, 0.3) is 0 Å². The summed E-state index contributed by atoms with van der Waals surface area (Å²) in [7, 11) is 0. The lowest BCUT2D eigenvalue weighted by Crippen LogP contribution is -2.33. The summed E-state index contributed by atoms with van der Waals surface area (Å²) in [6.07, 6.45) is 12.4. The van der Waals surface area contributed by atoms with Gasteiger partial charge in [0.2, 0.25) is 0 Å². The van der Waals surface area contributed by atoms with E-state index in [1.54, 1.807) is 0 Å². The molecule has 0 aromatic heterocycles. The molecule has 2 fully saturated rings. The lowest BCUT2D eigenvalue weighted by atomic mass is 10.2. The normalized spacial score (nSPS) is 29.0. The van der Waals surface area contributed by atoms with E-state index in [-0.39, 0.29) is 0 Å². The summed E-state index contributed by atoms with van der Waals surface area (Å²) in [5, 5.41) is 0. The fourth-order valence-electron chi connectivity index (χ4n) is 2.53. The molecule has 1 nitrogen and oxygen atoms in total. The van der Waals surface area contributed by atoms with Gasteiger partial charge in [-0.05, 0) is 51.6 Å². The molecule has 1 unspecified atom stereocenters. The van der Waals surface area contributed by atoms with Gasteiger partial charge in [-0.2, -0.15) is 0 Å². The van der Waals surface area contributed by atoms with Gasteiger partial charge in [0.25, 0.3) is 0 Å². The third-order valence-corrected chi connectivity index (χ3v) is 3.30. The third kappa shape index (κ3) is 2.01. The van der Waals surface area contributed by atoms with Crippen molar-refractivity contribution in [3.63, 3.8) is 0 Å². The quantitative estimate of drug-likeness (QED) is 0.579. The number of nitrogens with zero attached hydrogens (tertiary/aromatic N) is 1. The maximum atomic E-state index is 2.73. The molecule has 1 aliphatic heterocycles. The molecule has 1 radical (unpaired) electrons. The molecule has 1 saturated carbocycles. The molecule has 0 aromatic carbocycles. The van der Waals surface area contributed by atoms with E-state index < -0.39 is 0 Å². The standard InChI is InChI=1S/C11H20N/c1-2-6-10-12(9-5-1)11-7-3-4-8-11/h3,11H,1-2,4-10H2. The van der Waals surface area contributed by atoms with Crippen LogP contribution in [0.2, 0.25) is 0 Å². The van der Waals surface area contributed by atoms with Gasteiger partial charge in [0, 0.05) is 6.04 Å². The van der Waals surface area contributed by atoms with Crippen molar-refractivity contribution in [2.45, 2.75) is 51.0 Å². The monoisotopic (exact) mass is 166 g/mol. The van der Waals surface area contributed by atoms with Gasteiger partial charge >= 0.3 is 0 Å². The SMILES string of the molecule is [CH]1CCC(N2CCCCCC2)C1. The summed E-state index contributed by atoms with van der Waals surface area (Å²) < 4.78 is 0. The van der Waals surface area contributed by atoms with Crippen LogP contribution in [0.3, 0.4) is 0 Å². The molecule has 0 bridgehead atoms. The van der Waals surface area contributed by atoms with E-state index in [4.69, 9.17) is 0 Å². The molecule has 1 heterocycles. The molecule has 69 valence electrons. The molecule has 2 aliphatic rings. The average Bonchev–Trinajstić information content (AvgIpc) is 2.48. The highest BCUT2D eigenvalue weighted by atomic mass is 15.2. The van der Waals surface area contributed by atoms with E-state index >= 15 is 0 Å². The van der Waals surface area contributed by atoms with E-state index in [9.17, 15) is 0 Å². The van der Waals surface area contributed by atoms with Gasteiger partial charge in [-0.3, -0.25) is 0 Å². The minimum atomic E-state index is 0.920. The topological polar surface area (TPSA) is 3.24 Å². The fourth-order valence-corrected chi connectivity index (χ4v) is 2.53.